The van der Waals surface area contributed by atoms with Crippen LogP contribution in [0.4, 0.5) is 4.39 Å². The second-order valence-electron chi connectivity index (χ2n) is 9.18. The lowest BCUT2D eigenvalue weighted by molar-refractivity contribution is 0.184. The normalized spacial score (nSPS) is 20.7. The Kier molecular flexibility index (Phi) is 5.60. The minimum absolute atomic E-state index is 0.0228. The Bertz CT molecular complexity index is 1260. The molecule has 0 aliphatic carbocycles. The smallest absolute Gasteiger partial charge is 0.251 e. The van der Waals surface area contributed by atoms with Gasteiger partial charge in [-0.1, -0.05) is 0 Å². The molecule has 1 atom stereocenters. The summed E-state index contributed by atoms with van der Waals surface area (Å²) in [4.78, 5) is 20.4. The molecule has 1 saturated heterocycles. The number of piperidine rings is 1. The van der Waals surface area contributed by atoms with Gasteiger partial charge in [-0.3, -0.25) is 4.79 Å². The lowest BCUT2D eigenvalue weighted by Crippen LogP contribution is -2.43. The maximum Gasteiger partial charge on any atom is 0.251 e. The fourth-order valence-electron chi connectivity index (χ4n) is 5.39. The highest BCUT2D eigenvalue weighted by Crippen LogP contribution is 2.35. The second kappa shape index (κ2) is 8.74. The first-order valence-electron chi connectivity index (χ1n) is 11.7. The first-order valence-corrected chi connectivity index (χ1v) is 12.7. The fourth-order valence-corrected chi connectivity index (χ4v) is 6.25. The molecule has 6 nitrogen and oxygen atoms in total. The highest BCUT2D eigenvalue weighted by atomic mass is 32.2. The Balaban J connectivity index is 1.06. The first kappa shape index (κ1) is 21.1. The lowest BCUT2D eigenvalue weighted by Gasteiger charge is -2.34. The van der Waals surface area contributed by atoms with Crippen molar-refractivity contribution in [2.75, 3.05) is 32.0 Å². The molecule has 1 aromatic carbocycles. The molecule has 8 heteroatoms. The van der Waals surface area contributed by atoms with Gasteiger partial charge in [0.05, 0.1) is 17.0 Å². The van der Waals surface area contributed by atoms with E-state index in [4.69, 9.17) is 4.74 Å². The van der Waals surface area contributed by atoms with Crippen molar-refractivity contribution in [1.82, 2.24) is 19.8 Å². The van der Waals surface area contributed by atoms with Crippen LogP contribution in [-0.4, -0.2) is 52.5 Å². The zero-order valence-corrected chi connectivity index (χ0v) is 19.2. The van der Waals surface area contributed by atoms with Gasteiger partial charge >= 0.3 is 0 Å². The van der Waals surface area contributed by atoms with E-state index in [0.717, 1.165) is 73.1 Å². The summed E-state index contributed by atoms with van der Waals surface area (Å²) >= 11 is 1.81. The van der Waals surface area contributed by atoms with E-state index in [0.29, 0.717) is 18.2 Å². The van der Waals surface area contributed by atoms with Crippen molar-refractivity contribution in [3.05, 3.63) is 63.8 Å². The van der Waals surface area contributed by atoms with Crippen LogP contribution >= 0.6 is 11.8 Å². The van der Waals surface area contributed by atoms with Crippen LogP contribution in [0.25, 0.3) is 10.9 Å². The molecule has 0 bridgehead atoms. The zero-order chi connectivity index (χ0) is 22.4. The maximum atomic E-state index is 14.8. The largest absolute Gasteiger partial charge is 0.476 e. The number of hydrogen-bond donors (Lipinski definition) is 1. The van der Waals surface area contributed by atoms with Crippen molar-refractivity contribution in [2.45, 2.75) is 42.8 Å². The average molecular weight is 467 g/mol. The van der Waals surface area contributed by atoms with E-state index in [-0.39, 0.29) is 17.3 Å². The van der Waals surface area contributed by atoms with Gasteiger partial charge in [0.1, 0.15) is 5.82 Å². The van der Waals surface area contributed by atoms with Crippen molar-refractivity contribution < 1.29 is 9.13 Å². The summed E-state index contributed by atoms with van der Waals surface area (Å²) in [5, 5.41) is 4.63. The Morgan fingerprint density at radius 2 is 2.06 bits per heavy atom. The molecule has 172 valence electrons. The van der Waals surface area contributed by atoms with Crippen LogP contribution in [0.2, 0.25) is 0 Å². The van der Waals surface area contributed by atoms with Crippen molar-refractivity contribution in [1.29, 1.82) is 0 Å². The van der Waals surface area contributed by atoms with E-state index in [1.54, 1.807) is 40.6 Å². The SMILES string of the molecule is O=c1ccc2ccc(F)c3c2n1CC3CN1CCC(NCc2cnc3c(c2)SCCO3)CC1. The number of rotatable bonds is 5. The maximum absolute atomic E-state index is 14.8. The molecule has 2 aromatic heterocycles. The van der Waals surface area contributed by atoms with Gasteiger partial charge in [0.15, 0.2) is 0 Å². The number of fused-ring (bicyclic) bond motifs is 1. The van der Waals surface area contributed by atoms with Crippen LogP contribution in [-0.2, 0) is 13.1 Å². The van der Waals surface area contributed by atoms with Crippen LogP contribution in [0.3, 0.4) is 0 Å². The van der Waals surface area contributed by atoms with Crippen molar-refractivity contribution in [3.8, 4) is 5.88 Å². The molecule has 1 N–H and O–H groups in total. The molecule has 5 heterocycles. The predicted octanol–water partition coefficient (Wildman–Crippen LogP) is 3.37. The number of hydrogen-bond acceptors (Lipinski definition) is 6. The minimum Gasteiger partial charge on any atom is -0.476 e. The number of ether oxygens (including phenoxy) is 1. The van der Waals surface area contributed by atoms with Crippen LogP contribution in [0.5, 0.6) is 5.88 Å². The summed E-state index contributed by atoms with van der Waals surface area (Å²) in [5.74, 6) is 1.56. The van der Waals surface area contributed by atoms with E-state index < -0.39 is 0 Å². The molecule has 1 fully saturated rings. The van der Waals surface area contributed by atoms with Crippen molar-refractivity contribution >= 4 is 22.7 Å². The van der Waals surface area contributed by atoms with Crippen LogP contribution in [0.1, 0.15) is 29.9 Å². The Hall–Kier alpha value is -2.42. The number of aromatic nitrogens is 2. The summed E-state index contributed by atoms with van der Waals surface area (Å²) in [5.41, 5.74) is 2.65. The third-order valence-corrected chi connectivity index (χ3v) is 8.04. The number of halogens is 1. The molecule has 3 aromatic rings. The Morgan fingerprint density at radius 1 is 1.21 bits per heavy atom. The van der Waals surface area contributed by atoms with Crippen molar-refractivity contribution in [3.63, 3.8) is 0 Å². The van der Waals surface area contributed by atoms with Gasteiger partial charge in [-0.2, -0.15) is 0 Å². The summed E-state index contributed by atoms with van der Waals surface area (Å²) in [6.45, 7) is 4.84. The molecule has 0 spiro atoms. The average Bonchev–Trinajstić information content (AvgIpc) is 3.23. The monoisotopic (exact) mass is 466 g/mol. The summed E-state index contributed by atoms with van der Waals surface area (Å²) in [6.07, 6.45) is 4.02. The molecule has 0 saturated carbocycles. The lowest BCUT2D eigenvalue weighted by atomic mass is 9.97. The number of nitrogens with zero attached hydrogens (tertiary/aromatic N) is 3. The van der Waals surface area contributed by atoms with E-state index in [9.17, 15) is 9.18 Å². The van der Waals surface area contributed by atoms with Crippen molar-refractivity contribution in [2.24, 2.45) is 0 Å². The van der Waals surface area contributed by atoms with Gasteiger partial charge in [0, 0.05) is 55.2 Å². The molecule has 33 heavy (non-hydrogen) atoms. The molecule has 1 unspecified atom stereocenters. The highest BCUT2D eigenvalue weighted by Gasteiger charge is 2.31. The van der Waals surface area contributed by atoms with Gasteiger partial charge in [0.25, 0.3) is 5.56 Å². The molecule has 3 aliphatic rings. The molecule has 0 amide bonds. The van der Waals surface area contributed by atoms with Gasteiger partial charge in [0.2, 0.25) is 5.88 Å². The number of benzene rings is 1. The zero-order valence-electron chi connectivity index (χ0n) is 18.4. The third-order valence-electron chi connectivity index (χ3n) is 7.06. The number of pyridine rings is 2. The van der Waals surface area contributed by atoms with Gasteiger partial charge in [-0.25, -0.2) is 9.37 Å². The quantitative estimate of drug-likeness (QED) is 0.622. The topological polar surface area (TPSA) is 59.4 Å². The molecule has 0 radical (unpaired) electrons. The van der Waals surface area contributed by atoms with Gasteiger partial charge < -0.3 is 19.5 Å². The van der Waals surface area contributed by atoms with Crippen LogP contribution in [0, 0.1) is 5.82 Å². The summed E-state index contributed by atoms with van der Waals surface area (Å²) < 4.78 is 22.1. The molecule has 3 aliphatic heterocycles. The third kappa shape index (κ3) is 4.05. The van der Waals surface area contributed by atoms with Crippen LogP contribution < -0.4 is 15.6 Å². The Labute approximate surface area is 196 Å². The first-order chi connectivity index (χ1) is 16.2. The highest BCUT2D eigenvalue weighted by molar-refractivity contribution is 7.99. The van der Waals surface area contributed by atoms with Gasteiger partial charge in [-0.05, 0) is 61.1 Å². The van der Waals surface area contributed by atoms with Gasteiger partial charge in [-0.15, -0.1) is 11.8 Å². The molecular formula is C25H27FN4O2S. The number of likely N-dealkylation sites (tertiary alicyclic amines) is 1. The fraction of sp³-hybridized carbons (Fsp3) is 0.440. The number of thioether (sulfide) groups is 1. The van der Waals surface area contributed by atoms with E-state index in [1.807, 2.05) is 6.20 Å². The second-order valence-corrected chi connectivity index (χ2v) is 10.3. The van der Waals surface area contributed by atoms with E-state index in [1.165, 1.54) is 5.56 Å². The molecule has 6 rings (SSSR count). The Morgan fingerprint density at radius 3 is 2.94 bits per heavy atom. The van der Waals surface area contributed by atoms with Crippen LogP contribution in [0.15, 0.2) is 46.2 Å². The predicted molar refractivity (Wildman–Crippen MR) is 128 cm³/mol. The van der Waals surface area contributed by atoms with E-state index >= 15 is 0 Å². The standard InChI is InChI=1S/C25H27FN4O2S/c26-20-3-1-17-2-4-22(31)30-15-18(23(20)24(17)30)14-29-7-5-19(6-8-29)27-12-16-11-21-25(28-13-16)32-9-10-33-21/h1-4,11,13,18-19,27H,5-10,12,14-15H2. The summed E-state index contributed by atoms with van der Waals surface area (Å²) in [7, 11) is 0. The summed E-state index contributed by atoms with van der Waals surface area (Å²) in [6, 6.07) is 9.36. The number of nitrogens with one attached hydrogen (secondary N) is 1. The van der Waals surface area contributed by atoms with E-state index in [2.05, 4.69) is 21.3 Å². The molecular weight excluding hydrogens is 439 g/mol. The minimum atomic E-state index is -0.192.